The molecule has 0 unspecified atom stereocenters. The van der Waals surface area contributed by atoms with E-state index in [0.29, 0.717) is 17.4 Å². The molecule has 2 N–H and O–H groups in total. The van der Waals surface area contributed by atoms with E-state index in [1.807, 2.05) is 6.92 Å². The first-order valence-electron chi connectivity index (χ1n) is 6.58. The van der Waals surface area contributed by atoms with Crippen LogP contribution in [0.4, 0.5) is 5.69 Å². The van der Waals surface area contributed by atoms with E-state index in [4.69, 9.17) is 4.74 Å². The Morgan fingerprint density at radius 1 is 1.43 bits per heavy atom. The number of amides is 2. The number of aliphatic imine (C=N–C) groups is 1. The lowest BCUT2D eigenvalue weighted by atomic mass is 10.2. The van der Waals surface area contributed by atoms with Crippen molar-refractivity contribution in [2.24, 2.45) is 4.99 Å². The lowest BCUT2D eigenvalue weighted by Gasteiger charge is -2.08. The van der Waals surface area contributed by atoms with Gasteiger partial charge in [0.25, 0.3) is 0 Å². The van der Waals surface area contributed by atoms with E-state index in [2.05, 4.69) is 15.6 Å². The van der Waals surface area contributed by atoms with Crippen LogP contribution >= 0.6 is 11.8 Å². The number of rotatable bonds is 5. The van der Waals surface area contributed by atoms with Gasteiger partial charge in [-0.1, -0.05) is 11.8 Å². The molecule has 1 heterocycles. The maximum absolute atomic E-state index is 12.0. The molecule has 1 atom stereocenters. The first-order valence-corrected chi connectivity index (χ1v) is 7.46. The smallest absolute Gasteiger partial charge is 0.240 e. The SMILES string of the molecule is CCN=C1NC(=O)[C@@H](CC(=O)Nc2ccc(OC)cc2)S1. The van der Waals surface area contributed by atoms with Crippen molar-refractivity contribution in [1.82, 2.24) is 5.32 Å². The van der Waals surface area contributed by atoms with Crippen LogP contribution in [0.5, 0.6) is 5.75 Å². The number of amidine groups is 1. The minimum absolute atomic E-state index is 0.116. The quantitative estimate of drug-likeness (QED) is 0.866. The Morgan fingerprint density at radius 2 is 2.14 bits per heavy atom. The number of carbonyl (C=O) groups is 2. The number of hydrogen-bond donors (Lipinski definition) is 2. The van der Waals surface area contributed by atoms with Gasteiger partial charge in [0.15, 0.2) is 5.17 Å². The van der Waals surface area contributed by atoms with Crippen molar-refractivity contribution in [3.8, 4) is 5.75 Å². The zero-order chi connectivity index (χ0) is 15.2. The average Bonchev–Trinajstić information content (AvgIpc) is 2.80. The standard InChI is InChI=1S/C14H17N3O3S/c1-3-15-14-17-13(19)11(21-14)8-12(18)16-9-4-6-10(20-2)7-5-9/h4-7,11H,3,8H2,1-2H3,(H,16,18)(H,15,17,19)/t11-/m1/s1. The number of nitrogens with one attached hydrogen (secondary N) is 2. The molecule has 0 saturated carbocycles. The minimum atomic E-state index is -0.423. The molecule has 1 aliphatic heterocycles. The Kier molecular flexibility index (Phi) is 5.21. The molecular weight excluding hydrogens is 290 g/mol. The van der Waals surface area contributed by atoms with Crippen molar-refractivity contribution < 1.29 is 14.3 Å². The van der Waals surface area contributed by atoms with E-state index >= 15 is 0 Å². The van der Waals surface area contributed by atoms with Crippen LogP contribution in [0.15, 0.2) is 29.3 Å². The molecule has 21 heavy (non-hydrogen) atoms. The molecule has 1 aromatic rings. The van der Waals surface area contributed by atoms with Gasteiger partial charge in [0, 0.05) is 18.7 Å². The van der Waals surface area contributed by atoms with Crippen LogP contribution < -0.4 is 15.4 Å². The normalized spacial score (nSPS) is 19.4. The maximum atomic E-state index is 12.0. The summed E-state index contributed by atoms with van der Waals surface area (Å²) in [6, 6.07) is 7.03. The Labute approximate surface area is 127 Å². The van der Waals surface area contributed by atoms with Gasteiger partial charge in [0.2, 0.25) is 11.8 Å². The summed E-state index contributed by atoms with van der Waals surface area (Å²) in [5.41, 5.74) is 0.673. The number of hydrogen-bond acceptors (Lipinski definition) is 5. The predicted octanol–water partition coefficient (Wildman–Crippen LogP) is 1.63. The Hall–Kier alpha value is -2.02. The molecule has 1 fully saturated rings. The fraction of sp³-hybridized carbons (Fsp3) is 0.357. The van der Waals surface area contributed by atoms with Gasteiger partial charge in [-0.25, -0.2) is 0 Å². The fourth-order valence-electron chi connectivity index (χ4n) is 1.81. The molecule has 2 amide bonds. The number of methoxy groups -OCH3 is 1. The molecule has 7 heteroatoms. The van der Waals surface area contributed by atoms with Crippen molar-refractivity contribution in [2.75, 3.05) is 19.0 Å². The van der Waals surface area contributed by atoms with Gasteiger partial charge in [-0.15, -0.1) is 0 Å². The number of carbonyl (C=O) groups excluding carboxylic acids is 2. The van der Waals surface area contributed by atoms with Crippen LogP contribution in [-0.2, 0) is 9.59 Å². The third kappa shape index (κ3) is 4.22. The molecule has 0 bridgehead atoms. The second-order valence-corrected chi connectivity index (χ2v) is 5.55. The highest BCUT2D eigenvalue weighted by Crippen LogP contribution is 2.23. The highest BCUT2D eigenvalue weighted by atomic mass is 32.2. The van der Waals surface area contributed by atoms with Crippen LogP contribution in [0.25, 0.3) is 0 Å². The van der Waals surface area contributed by atoms with Gasteiger partial charge in [0.05, 0.1) is 7.11 Å². The Morgan fingerprint density at radius 3 is 2.76 bits per heavy atom. The molecule has 0 aromatic heterocycles. The molecule has 6 nitrogen and oxygen atoms in total. The van der Waals surface area contributed by atoms with Crippen LogP contribution in [0.2, 0.25) is 0 Å². The Balaban J connectivity index is 1.89. The lowest BCUT2D eigenvalue weighted by Crippen LogP contribution is -2.28. The van der Waals surface area contributed by atoms with Crippen molar-refractivity contribution >= 4 is 34.4 Å². The van der Waals surface area contributed by atoms with Gasteiger partial charge >= 0.3 is 0 Å². The van der Waals surface area contributed by atoms with Gasteiger partial charge in [-0.2, -0.15) is 0 Å². The molecule has 1 aliphatic rings. The molecule has 112 valence electrons. The summed E-state index contributed by atoms with van der Waals surface area (Å²) in [5.74, 6) is 0.349. The molecule has 0 aliphatic carbocycles. The van der Waals surface area contributed by atoms with Crippen molar-refractivity contribution in [3.63, 3.8) is 0 Å². The van der Waals surface area contributed by atoms with E-state index < -0.39 is 5.25 Å². The summed E-state index contributed by atoms with van der Waals surface area (Å²) in [7, 11) is 1.58. The summed E-state index contributed by atoms with van der Waals surface area (Å²) in [6.07, 6.45) is 0.116. The van der Waals surface area contributed by atoms with Crippen molar-refractivity contribution in [1.29, 1.82) is 0 Å². The Bertz CT molecular complexity index is 557. The largest absolute Gasteiger partial charge is 0.497 e. The number of anilines is 1. The van der Waals surface area contributed by atoms with E-state index in [9.17, 15) is 9.59 Å². The third-order valence-corrected chi connectivity index (χ3v) is 3.94. The zero-order valence-electron chi connectivity index (χ0n) is 11.9. The molecule has 0 spiro atoms. The lowest BCUT2D eigenvalue weighted by molar-refractivity contribution is -0.122. The van der Waals surface area contributed by atoms with Gasteiger partial charge < -0.3 is 15.4 Å². The summed E-state index contributed by atoms with van der Waals surface area (Å²) in [6.45, 7) is 2.50. The first kappa shape index (κ1) is 15.4. The van der Waals surface area contributed by atoms with Gasteiger partial charge in [-0.05, 0) is 31.2 Å². The maximum Gasteiger partial charge on any atom is 0.240 e. The minimum Gasteiger partial charge on any atom is -0.497 e. The summed E-state index contributed by atoms with van der Waals surface area (Å²) < 4.78 is 5.05. The van der Waals surface area contributed by atoms with Gasteiger partial charge in [0.1, 0.15) is 11.0 Å². The molecular formula is C14H17N3O3S. The van der Waals surface area contributed by atoms with E-state index in [1.165, 1.54) is 11.8 Å². The molecule has 1 aromatic carbocycles. The van der Waals surface area contributed by atoms with Crippen molar-refractivity contribution in [3.05, 3.63) is 24.3 Å². The van der Waals surface area contributed by atoms with Crippen LogP contribution in [0, 0.1) is 0 Å². The summed E-state index contributed by atoms with van der Waals surface area (Å²) in [5, 5.41) is 5.59. The summed E-state index contributed by atoms with van der Waals surface area (Å²) in [4.78, 5) is 27.8. The topological polar surface area (TPSA) is 79.8 Å². The fourth-order valence-corrected chi connectivity index (χ4v) is 2.85. The van der Waals surface area contributed by atoms with Crippen LogP contribution in [-0.4, -0.2) is 35.9 Å². The van der Waals surface area contributed by atoms with Crippen LogP contribution in [0.3, 0.4) is 0 Å². The third-order valence-electron chi connectivity index (χ3n) is 2.82. The van der Waals surface area contributed by atoms with E-state index in [-0.39, 0.29) is 18.2 Å². The van der Waals surface area contributed by atoms with Gasteiger partial charge in [-0.3, -0.25) is 14.6 Å². The van der Waals surface area contributed by atoms with E-state index in [0.717, 1.165) is 5.75 Å². The molecule has 1 saturated heterocycles. The van der Waals surface area contributed by atoms with Crippen LogP contribution in [0.1, 0.15) is 13.3 Å². The van der Waals surface area contributed by atoms with Crippen molar-refractivity contribution in [2.45, 2.75) is 18.6 Å². The second kappa shape index (κ2) is 7.12. The van der Waals surface area contributed by atoms with E-state index in [1.54, 1.807) is 31.4 Å². The highest BCUT2D eigenvalue weighted by molar-refractivity contribution is 8.15. The monoisotopic (exact) mass is 307 g/mol. The first-order chi connectivity index (χ1) is 10.1. The number of benzene rings is 1. The number of thioether (sulfide) groups is 1. The predicted molar refractivity (Wildman–Crippen MR) is 83.7 cm³/mol. The summed E-state index contributed by atoms with van der Waals surface area (Å²) >= 11 is 1.30. The zero-order valence-corrected chi connectivity index (χ0v) is 12.7. The average molecular weight is 307 g/mol. The molecule has 0 radical (unpaired) electrons. The number of ether oxygens (including phenoxy) is 1. The second-order valence-electron chi connectivity index (χ2n) is 4.36. The number of nitrogens with zero attached hydrogens (tertiary/aromatic N) is 1. The highest BCUT2D eigenvalue weighted by Gasteiger charge is 2.31. The molecule has 2 rings (SSSR count).